The molecule has 0 spiro atoms. The fraction of sp³-hybridized carbons (Fsp3) is 0.389. The highest BCUT2D eigenvalue weighted by atomic mass is 32.2. The lowest BCUT2D eigenvalue weighted by Crippen LogP contribution is -2.25. The third kappa shape index (κ3) is 3.86. The monoisotopic (exact) mass is 318 g/mol. The van der Waals surface area contributed by atoms with E-state index in [0.29, 0.717) is 11.3 Å². The molecule has 0 N–H and O–H groups in total. The van der Waals surface area contributed by atoms with Crippen molar-refractivity contribution in [1.29, 1.82) is 0 Å². The summed E-state index contributed by atoms with van der Waals surface area (Å²) >= 11 is 1.64. The molecule has 1 nitrogen and oxygen atoms in total. The van der Waals surface area contributed by atoms with E-state index in [2.05, 4.69) is 34.1 Å². The van der Waals surface area contributed by atoms with Crippen LogP contribution in [0.15, 0.2) is 0 Å². The molecule has 112 valence electrons. The standard InChI is InChI=1S/C18H23OPS/c1-12(2)20(13(3)4)16-10-6-8-14(16)18(19)15-9-7-11-17(15)21-5/h6-13H,1-5H3. The SMILES string of the molecule is CS[C]1[CH][CH][CH][C]1C(=O)[C]1[CH][CH][CH][C]1P(C(C)C)C(C)C. The molecule has 2 fully saturated rings. The molecule has 0 atom stereocenters. The molecule has 0 aliphatic heterocycles. The highest BCUT2D eigenvalue weighted by Crippen LogP contribution is 2.63. The number of carbonyl (C=O) groups is 1. The molecule has 10 radical (unpaired) electrons. The third-order valence-electron chi connectivity index (χ3n) is 3.67. The molecular formula is C18H23OPS. The predicted octanol–water partition coefficient (Wildman–Crippen LogP) is 4.68. The number of carbonyl (C=O) groups excluding carboxylic acids is 1. The first-order valence-corrected chi connectivity index (χ1v) is 10.1. The van der Waals surface area contributed by atoms with Crippen LogP contribution < -0.4 is 0 Å². The zero-order valence-corrected chi connectivity index (χ0v) is 15.1. The molecule has 2 aliphatic carbocycles. The van der Waals surface area contributed by atoms with Gasteiger partial charge in [-0.25, -0.2) is 0 Å². The average molecular weight is 318 g/mol. The molecule has 0 bridgehead atoms. The van der Waals surface area contributed by atoms with Gasteiger partial charge in [-0.05, 0) is 56.1 Å². The second-order valence-electron chi connectivity index (χ2n) is 5.76. The average Bonchev–Trinajstić information content (AvgIpc) is 3.05. The van der Waals surface area contributed by atoms with E-state index in [9.17, 15) is 4.79 Å². The summed E-state index contributed by atoms with van der Waals surface area (Å²) in [6, 6.07) is 0. The van der Waals surface area contributed by atoms with Crippen molar-refractivity contribution in [2.24, 2.45) is 0 Å². The van der Waals surface area contributed by atoms with Gasteiger partial charge in [0.2, 0.25) is 0 Å². The van der Waals surface area contributed by atoms with Crippen LogP contribution in [0, 0.1) is 61.3 Å². The molecule has 0 aromatic rings. The van der Waals surface area contributed by atoms with Gasteiger partial charge in [0.1, 0.15) is 5.78 Å². The highest BCUT2D eigenvalue weighted by Gasteiger charge is 2.46. The van der Waals surface area contributed by atoms with Gasteiger partial charge in [0.15, 0.2) is 0 Å². The molecule has 2 rings (SSSR count). The lowest BCUT2D eigenvalue weighted by molar-refractivity contribution is -0.114. The van der Waals surface area contributed by atoms with Gasteiger partial charge in [-0.3, -0.25) is 4.79 Å². The van der Waals surface area contributed by atoms with E-state index in [1.165, 1.54) is 5.66 Å². The number of thioether (sulfide) groups is 1. The van der Waals surface area contributed by atoms with Crippen molar-refractivity contribution in [3.05, 3.63) is 61.3 Å². The van der Waals surface area contributed by atoms with Gasteiger partial charge in [-0.15, -0.1) is 0 Å². The van der Waals surface area contributed by atoms with Crippen LogP contribution in [0.4, 0.5) is 0 Å². The van der Waals surface area contributed by atoms with Crippen molar-refractivity contribution in [3.63, 3.8) is 0 Å². The van der Waals surface area contributed by atoms with E-state index < -0.39 is 0 Å². The molecule has 0 amide bonds. The number of hydrogen-bond donors (Lipinski definition) is 0. The Morgan fingerprint density at radius 3 is 2.10 bits per heavy atom. The zero-order valence-electron chi connectivity index (χ0n) is 13.4. The lowest BCUT2D eigenvalue weighted by Gasteiger charge is -2.34. The summed E-state index contributed by atoms with van der Waals surface area (Å²) < 4.78 is 0. The summed E-state index contributed by atoms with van der Waals surface area (Å²) in [6.07, 6.45) is 14.1. The maximum atomic E-state index is 12.9. The Bertz CT molecular complexity index is 347. The van der Waals surface area contributed by atoms with Crippen LogP contribution in [-0.4, -0.2) is 23.4 Å². The number of hydrogen-bond acceptors (Lipinski definition) is 2. The highest BCUT2D eigenvalue weighted by molar-refractivity contribution is 8.01. The Morgan fingerprint density at radius 2 is 1.52 bits per heavy atom. The molecule has 0 unspecified atom stereocenters. The van der Waals surface area contributed by atoms with Crippen molar-refractivity contribution in [2.45, 2.75) is 39.0 Å². The van der Waals surface area contributed by atoms with Gasteiger partial charge in [0.05, 0.1) is 11.8 Å². The first kappa shape index (κ1) is 17.8. The Morgan fingerprint density at radius 1 is 0.952 bits per heavy atom. The van der Waals surface area contributed by atoms with Gasteiger partial charge >= 0.3 is 0 Å². The van der Waals surface area contributed by atoms with Gasteiger partial charge in [-0.1, -0.05) is 35.6 Å². The van der Waals surface area contributed by atoms with Crippen molar-refractivity contribution >= 4 is 25.5 Å². The van der Waals surface area contributed by atoms with Crippen molar-refractivity contribution in [2.75, 3.05) is 6.26 Å². The summed E-state index contributed by atoms with van der Waals surface area (Å²) in [5, 5.41) is 1.07. The third-order valence-corrected chi connectivity index (χ3v) is 7.64. The fourth-order valence-electron chi connectivity index (χ4n) is 2.89. The van der Waals surface area contributed by atoms with E-state index >= 15 is 0 Å². The molecule has 21 heavy (non-hydrogen) atoms. The molecule has 0 saturated heterocycles. The maximum Gasteiger partial charge on any atom is 0.150 e. The molecule has 0 aromatic heterocycles. The predicted molar refractivity (Wildman–Crippen MR) is 94.5 cm³/mol. The number of rotatable bonds is 6. The van der Waals surface area contributed by atoms with E-state index in [1.54, 1.807) is 11.8 Å². The quantitative estimate of drug-likeness (QED) is 0.661. The molecule has 0 aromatic carbocycles. The minimum absolute atomic E-state index is 0.179. The maximum absolute atomic E-state index is 12.9. The van der Waals surface area contributed by atoms with Crippen molar-refractivity contribution < 1.29 is 4.79 Å². The summed E-state index contributed by atoms with van der Waals surface area (Å²) in [4.78, 5) is 12.9. The van der Waals surface area contributed by atoms with E-state index in [0.717, 1.165) is 17.1 Å². The lowest BCUT2D eigenvalue weighted by atomic mass is 9.90. The van der Waals surface area contributed by atoms with Gasteiger partial charge in [-0.2, -0.15) is 11.8 Å². The normalized spacial score (nSPS) is 23.2. The second-order valence-corrected chi connectivity index (χ2v) is 9.97. The van der Waals surface area contributed by atoms with Crippen LogP contribution in [0.5, 0.6) is 0 Å². The van der Waals surface area contributed by atoms with Crippen LogP contribution in [-0.2, 0) is 4.79 Å². The Kier molecular flexibility index (Phi) is 6.63. The zero-order chi connectivity index (χ0) is 15.6. The summed E-state index contributed by atoms with van der Waals surface area (Å²) in [5.74, 6) is 1.93. The molecule has 2 aliphatic rings. The molecular weight excluding hydrogens is 295 g/mol. The van der Waals surface area contributed by atoms with Crippen LogP contribution in [0.2, 0.25) is 0 Å². The van der Waals surface area contributed by atoms with Crippen LogP contribution >= 0.6 is 19.7 Å². The summed E-state index contributed by atoms with van der Waals surface area (Å²) in [7, 11) is -0.307. The van der Waals surface area contributed by atoms with Gasteiger partial charge < -0.3 is 0 Å². The first-order chi connectivity index (χ1) is 9.97. The second kappa shape index (κ2) is 7.82. The molecule has 0 heterocycles. The summed E-state index contributed by atoms with van der Waals surface area (Å²) in [5.41, 5.74) is 2.45. The van der Waals surface area contributed by atoms with Crippen molar-refractivity contribution in [3.8, 4) is 0 Å². The Hall–Kier alpha value is 0.450. The Balaban J connectivity index is 2.12. The van der Waals surface area contributed by atoms with Crippen LogP contribution in [0.1, 0.15) is 27.7 Å². The Labute approximate surface area is 137 Å². The van der Waals surface area contributed by atoms with Gasteiger partial charge in [0, 0.05) is 10.9 Å². The molecule has 3 heteroatoms. The topological polar surface area (TPSA) is 17.1 Å². The first-order valence-electron chi connectivity index (χ1n) is 7.35. The largest absolute Gasteiger partial charge is 0.298 e. The van der Waals surface area contributed by atoms with Gasteiger partial charge in [0.25, 0.3) is 0 Å². The minimum Gasteiger partial charge on any atom is -0.298 e. The van der Waals surface area contributed by atoms with E-state index in [-0.39, 0.29) is 13.7 Å². The van der Waals surface area contributed by atoms with Crippen molar-refractivity contribution in [1.82, 2.24) is 0 Å². The van der Waals surface area contributed by atoms with Crippen LogP contribution in [0.25, 0.3) is 0 Å². The minimum atomic E-state index is -0.307. The number of ketones is 1. The van der Waals surface area contributed by atoms with Crippen LogP contribution in [0.3, 0.4) is 0 Å². The molecule has 2 saturated carbocycles. The smallest absolute Gasteiger partial charge is 0.150 e. The summed E-state index contributed by atoms with van der Waals surface area (Å²) in [6.45, 7) is 9.07. The number of Topliss-reactive ketones (excluding diaryl/α,β-unsaturated/α-hetero) is 1. The van der Waals surface area contributed by atoms with E-state index in [1.807, 2.05) is 38.4 Å². The van der Waals surface area contributed by atoms with E-state index in [4.69, 9.17) is 0 Å². The fourth-order valence-corrected chi connectivity index (χ4v) is 6.51.